The number of aryl methyl sites for hydroxylation is 1. The van der Waals surface area contributed by atoms with Crippen LogP contribution in [-0.4, -0.2) is 64.0 Å². The van der Waals surface area contributed by atoms with Crippen molar-refractivity contribution in [3.63, 3.8) is 0 Å². The van der Waals surface area contributed by atoms with Gasteiger partial charge in [-0.1, -0.05) is 35.9 Å². The molecule has 1 aromatic heterocycles. The van der Waals surface area contributed by atoms with Crippen molar-refractivity contribution in [3.8, 4) is 5.75 Å². The Morgan fingerprint density at radius 1 is 0.971 bits per heavy atom. The Morgan fingerprint density at radius 3 is 2.29 bits per heavy atom. The summed E-state index contributed by atoms with van der Waals surface area (Å²) in [6, 6.07) is 19.2. The number of aromatic nitrogens is 1. The summed E-state index contributed by atoms with van der Waals surface area (Å²) in [5, 5.41) is 0. The van der Waals surface area contributed by atoms with E-state index < -0.39 is 10.0 Å². The Morgan fingerprint density at radius 2 is 1.65 bits per heavy atom. The molecule has 0 radical (unpaired) electrons. The Balaban J connectivity index is 1.58. The second kappa shape index (κ2) is 10.1. The van der Waals surface area contributed by atoms with Crippen LogP contribution in [0, 0.1) is 6.92 Å². The lowest BCUT2D eigenvalue weighted by molar-refractivity contribution is -0.129. The molecule has 0 bridgehead atoms. The number of methoxy groups -OCH3 is 1. The van der Waals surface area contributed by atoms with Crippen molar-refractivity contribution in [2.24, 2.45) is 0 Å². The lowest BCUT2D eigenvalue weighted by Crippen LogP contribution is -2.52. The number of anilines is 2. The molecule has 1 amide bonds. The molecule has 1 saturated heterocycles. The number of para-hydroxylation sites is 2. The number of hydrogen-bond donors (Lipinski definition) is 0. The minimum atomic E-state index is -4.01. The summed E-state index contributed by atoms with van der Waals surface area (Å²) in [6.45, 7) is 3.80. The minimum absolute atomic E-state index is 0.122. The number of sulfonamides is 1. The number of pyridine rings is 1. The molecule has 0 unspecified atom stereocenters. The highest BCUT2D eigenvalue weighted by Gasteiger charge is 2.32. The molecule has 2 aromatic carbocycles. The maximum atomic E-state index is 13.7. The molecule has 0 saturated carbocycles. The van der Waals surface area contributed by atoms with Gasteiger partial charge in [-0.2, -0.15) is 0 Å². The van der Waals surface area contributed by atoms with Gasteiger partial charge in [0.1, 0.15) is 18.1 Å². The quantitative estimate of drug-likeness (QED) is 0.517. The summed E-state index contributed by atoms with van der Waals surface area (Å²) in [6.07, 6.45) is 1.74. The van der Waals surface area contributed by atoms with Gasteiger partial charge in [0, 0.05) is 32.4 Å². The summed E-state index contributed by atoms with van der Waals surface area (Å²) < 4.78 is 33.9. The number of nitrogens with zero attached hydrogens (tertiary/aromatic N) is 4. The number of piperazine rings is 1. The smallest absolute Gasteiger partial charge is 0.264 e. The molecular formula is C25H28N4O4S. The third-order valence-electron chi connectivity index (χ3n) is 5.85. The fourth-order valence-electron chi connectivity index (χ4n) is 3.92. The van der Waals surface area contributed by atoms with E-state index in [4.69, 9.17) is 4.74 Å². The second-order valence-corrected chi connectivity index (χ2v) is 9.91. The first-order chi connectivity index (χ1) is 16.4. The van der Waals surface area contributed by atoms with E-state index in [2.05, 4.69) is 9.88 Å². The van der Waals surface area contributed by atoms with E-state index in [0.717, 1.165) is 15.7 Å². The number of benzene rings is 2. The van der Waals surface area contributed by atoms with E-state index in [9.17, 15) is 13.2 Å². The van der Waals surface area contributed by atoms with Gasteiger partial charge in [0.15, 0.2) is 0 Å². The van der Waals surface area contributed by atoms with Gasteiger partial charge in [0.05, 0.1) is 17.7 Å². The van der Waals surface area contributed by atoms with E-state index in [0.29, 0.717) is 37.6 Å². The number of carbonyl (C=O) groups excluding carboxylic acids is 1. The summed E-state index contributed by atoms with van der Waals surface area (Å²) in [5.74, 6) is 0.986. The third-order valence-corrected chi connectivity index (χ3v) is 7.62. The zero-order valence-electron chi connectivity index (χ0n) is 19.3. The van der Waals surface area contributed by atoms with Gasteiger partial charge in [-0.15, -0.1) is 0 Å². The number of amides is 1. The zero-order chi connectivity index (χ0) is 24.1. The molecule has 3 aromatic rings. The monoisotopic (exact) mass is 480 g/mol. The molecule has 178 valence electrons. The maximum absolute atomic E-state index is 13.7. The number of carbonyl (C=O) groups is 1. The van der Waals surface area contributed by atoms with E-state index in [1.54, 1.807) is 59.6 Å². The van der Waals surface area contributed by atoms with Crippen molar-refractivity contribution in [3.05, 3.63) is 78.5 Å². The summed E-state index contributed by atoms with van der Waals surface area (Å²) in [5.41, 5.74) is 1.27. The van der Waals surface area contributed by atoms with Crippen LogP contribution in [0.1, 0.15) is 5.56 Å². The van der Waals surface area contributed by atoms with E-state index >= 15 is 0 Å². The lowest BCUT2D eigenvalue weighted by Gasteiger charge is -2.36. The van der Waals surface area contributed by atoms with Crippen molar-refractivity contribution in [2.45, 2.75) is 11.8 Å². The first-order valence-corrected chi connectivity index (χ1v) is 12.5. The third kappa shape index (κ3) is 4.99. The molecule has 8 nitrogen and oxygen atoms in total. The van der Waals surface area contributed by atoms with Crippen LogP contribution >= 0.6 is 0 Å². The predicted molar refractivity (Wildman–Crippen MR) is 132 cm³/mol. The van der Waals surface area contributed by atoms with Crippen LogP contribution in [0.4, 0.5) is 11.5 Å². The zero-order valence-corrected chi connectivity index (χ0v) is 20.1. The Bertz CT molecular complexity index is 1230. The van der Waals surface area contributed by atoms with Gasteiger partial charge >= 0.3 is 0 Å². The van der Waals surface area contributed by atoms with Crippen LogP contribution in [0.3, 0.4) is 0 Å². The number of ether oxygens (including phenoxy) is 1. The lowest BCUT2D eigenvalue weighted by atomic mass is 10.2. The molecule has 0 N–H and O–H groups in total. The first-order valence-electron chi connectivity index (χ1n) is 11.1. The maximum Gasteiger partial charge on any atom is 0.264 e. The second-order valence-electron chi connectivity index (χ2n) is 8.05. The van der Waals surface area contributed by atoms with Crippen LogP contribution in [0.2, 0.25) is 0 Å². The van der Waals surface area contributed by atoms with E-state index in [1.807, 2.05) is 25.1 Å². The van der Waals surface area contributed by atoms with Gasteiger partial charge in [-0.3, -0.25) is 9.10 Å². The largest absolute Gasteiger partial charge is 0.495 e. The predicted octanol–water partition coefficient (Wildman–Crippen LogP) is 2.94. The minimum Gasteiger partial charge on any atom is -0.495 e. The van der Waals surface area contributed by atoms with Gasteiger partial charge in [0.2, 0.25) is 5.91 Å². The molecule has 1 aliphatic rings. The van der Waals surface area contributed by atoms with Gasteiger partial charge in [0.25, 0.3) is 10.0 Å². The molecule has 4 rings (SSSR count). The van der Waals surface area contributed by atoms with E-state index in [1.165, 1.54) is 7.11 Å². The molecule has 9 heteroatoms. The summed E-state index contributed by atoms with van der Waals surface area (Å²) >= 11 is 0. The van der Waals surface area contributed by atoms with Crippen LogP contribution in [0.5, 0.6) is 5.75 Å². The average Bonchev–Trinajstić information content (AvgIpc) is 2.88. The normalized spacial score (nSPS) is 14.1. The van der Waals surface area contributed by atoms with Crippen molar-refractivity contribution in [1.29, 1.82) is 0 Å². The van der Waals surface area contributed by atoms with Crippen molar-refractivity contribution >= 4 is 27.4 Å². The SMILES string of the molecule is COc1ccccc1N(CC(=O)N1CCN(c2ccccn2)CC1)S(=O)(=O)c1ccc(C)cc1. The van der Waals surface area contributed by atoms with Crippen molar-refractivity contribution < 1.29 is 17.9 Å². The van der Waals surface area contributed by atoms with Gasteiger partial charge < -0.3 is 14.5 Å². The number of hydrogen-bond acceptors (Lipinski definition) is 6. The molecule has 0 spiro atoms. The topological polar surface area (TPSA) is 83.1 Å². The average molecular weight is 481 g/mol. The molecule has 34 heavy (non-hydrogen) atoms. The standard InChI is InChI=1S/C25H28N4O4S/c1-20-10-12-21(13-11-20)34(31,32)29(22-7-3-4-8-23(22)33-2)19-25(30)28-17-15-27(16-18-28)24-9-5-6-14-26-24/h3-14H,15-19H2,1-2H3. The molecule has 2 heterocycles. The van der Waals surface area contributed by atoms with Gasteiger partial charge in [-0.05, 0) is 43.3 Å². The number of rotatable bonds is 7. The highest BCUT2D eigenvalue weighted by molar-refractivity contribution is 7.92. The van der Waals surface area contributed by atoms with Gasteiger partial charge in [-0.25, -0.2) is 13.4 Å². The highest BCUT2D eigenvalue weighted by atomic mass is 32.2. The molecule has 0 aliphatic carbocycles. The fraction of sp³-hybridized carbons (Fsp3) is 0.280. The molecule has 0 atom stereocenters. The van der Waals surface area contributed by atoms with Crippen LogP contribution in [0.25, 0.3) is 0 Å². The summed E-state index contributed by atoms with van der Waals surface area (Å²) in [7, 11) is -2.53. The van der Waals surface area contributed by atoms with E-state index in [-0.39, 0.29) is 17.3 Å². The van der Waals surface area contributed by atoms with Crippen LogP contribution < -0.4 is 13.9 Å². The van der Waals surface area contributed by atoms with Crippen molar-refractivity contribution in [2.75, 3.05) is 49.0 Å². The van der Waals surface area contributed by atoms with Crippen LogP contribution in [0.15, 0.2) is 77.8 Å². The first kappa shape index (κ1) is 23.6. The Labute approximate surface area is 200 Å². The Kier molecular flexibility index (Phi) is 7.02. The highest BCUT2D eigenvalue weighted by Crippen LogP contribution is 2.32. The molecule has 1 aliphatic heterocycles. The molecular weight excluding hydrogens is 452 g/mol. The summed E-state index contributed by atoms with van der Waals surface area (Å²) in [4.78, 5) is 21.6. The van der Waals surface area contributed by atoms with Crippen LogP contribution in [-0.2, 0) is 14.8 Å². The molecule has 1 fully saturated rings. The van der Waals surface area contributed by atoms with Crippen molar-refractivity contribution in [1.82, 2.24) is 9.88 Å². The fourth-order valence-corrected chi connectivity index (χ4v) is 5.35. The Hall–Kier alpha value is -3.59.